The lowest BCUT2D eigenvalue weighted by Crippen LogP contribution is -2.49. The van der Waals surface area contributed by atoms with E-state index >= 15 is 0 Å². The zero-order valence-electron chi connectivity index (χ0n) is 9.17. The number of nitrogens with one attached hydrogen (secondary N) is 1. The van der Waals surface area contributed by atoms with Gasteiger partial charge in [0, 0.05) is 11.4 Å². The van der Waals surface area contributed by atoms with Gasteiger partial charge in [0.2, 0.25) is 0 Å². The smallest absolute Gasteiger partial charge is 0.324 e. The van der Waals surface area contributed by atoms with Crippen LogP contribution in [0.3, 0.4) is 0 Å². The van der Waals surface area contributed by atoms with Crippen molar-refractivity contribution in [3.63, 3.8) is 0 Å². The Labute approximate surface area is 104 Å². The number of hydrogen-bond donors (Lipinski definition) is 2. The average molecular weight is 258 g/mol. The Balaban J connectivity index is 2.26. The number of benzene rings is 1. The molecule has 0 radical (unpaired) electrons. The van der Waals surface area contributed by atoms with Crippen LogP contribution in [0.2, 0.25) is 5.02 Å². The molecule has 0 bridgehead atoms. The number of aliphatic carboxylic acids is 1. The first-order chi connectivity index (χ1) is 8.03. The van der Waals surface area contributed by atoms with E-state index in [-0.39, 0.29) is 11.4 Å². The number of hydrogen-bond acceptors (Lipinski definition) is 2. The maximum atomic E-state index is 12.9. The average Bonchev–Trinajstić information content (AvgIpc) is 2.72. The van der Waals surface area contributed by atoms with Gasteiger partial charge in [-0.05, 0) is 37.1 Å². The molecule has 2 N–H and O–H groups in total. The van der Waals surface area contributed by atoms with Crippen LogP contribution in [0.25, 0.3) is 0 Å². The first-order valence-electron chi connectivity index (χ1n) is 5.46. The van der Waals surface area contributed by atoms with E-state index in [4.69, 9.17) is 11.6 Å². The van der Waals surface area contributed by atoms with Gasteiger partial charge in [0.15, 0.2) is 0 Å². The lowest BCUT2D eigenvalue weighted by atomic mass is 9.89. The third-order valence-corrected chi connectivity index (χ3v) is 3.51. The van der Waals surface area contributed by atoms with Gasteiger partial charge in [-0.3, -0.25) is 4.79 Å². The topological polar surface area (TPSA) is 49.3 Å². The van der Waals surface area contributed by atoms with Crippen molar-refractivity contribution in [3.8, 4) is 0 Å². The molecule has 17 heavy (non-hydrogen) atoms. The molecular weight excluding hydrogens is 245 g/mol. The zero-order valence-corrected chi connectivity index (χ0v) is 9.93. The molecule has 0 aliphatic carbocycles. The van der Waals surface area contributed by atoms with Gasteiger partial charge in [-0.25, -0.2) is 4.39 Å². The second-order valence-corrected chi connectivity index (χ2v) is 4.74. The summed E-state index contributed by atoms with van der Waals surface area (Å²) in [5.74, 6) is -1.29. The highest BCUT2D eigenvalue weighted by atomic mass is 35.5. The summed E-state index contributed by atoms with van der Waals surface area (Å²) in [6, 6.07) is 4.05. The molecule has 92 valence electrons. The highest BCUT2D eigenvalue weighted by Gasteiger charge is 2.41. The maximum absolute atomic E-state index is 12.9. The Morgan fingerprint density at radius 1 is 1.59 bits per heavy atom. The van der Waals surface area contributed by atoms with Gasteiger partial charge in [0.1, 0.15) is 11.4 Å². The van der Waals surface area contributed by atoms with Crippen molar-refractivity contribution in [3.05, 3.63) is 34.6 Å². The number of carboxylic acid groups (broad SMARTS) is 1. The summed E-state index contributed by atoms with van der Waals surface area (Å²) >= 11 is 5.91. The molecule has 1 fully saturated rings. The molecule has 1 saturated heterocycles. The predicted octanol–water partition coefficient (Wildman–Crippen LogP) is 2.23. The van der Waals surface area contributed by atoms with Crippen LogP contribution in [-0.4, -0.2) is 23.2 Å². The van der Waals surface area contributed by atoms with Gasteiger partial charge in [-0.1, -0.05) is 17.7 Å². The van der Waals surface area contributed by atoms with Gasteiger partial charge in [0.25, 0.3) is 0 Å². The lowest BCUT2D eigenvalue weighted by molar-refractivity contribution is -0.144. The fourth-order valence-electron chi connectivity index (χ4n) is 2.21. The van der Waals surface area contributed by atoms with Crippen LogP contribution >= 0.6 is 11.6 Å². The molecule has 5 heteroatoms. The van der Waals surface area contributed by atoms with Crippen LogP contribution in [0.5, 0.6) is 0 Å². The number of carboxylic acids is 1. The Bertz CT molecular complexity index is 444. The highest BCUT2D eigenvalue weighted by Crippen LogP contribution is 2.28. The molecular formula is C12H13ClFNO2. The van der Waals surface area contributed by atoms with Gasteiger partial charge >= 0.3 is 5.97 Å². The third-order valence-electron chi connectivity index (χ3n) is 3.16. The van der Waals surface area contributed by atoms with Gasteiger partial charge < -0.3 is 10.4 Å². The second kappa shape index (κ2) is 4.63. The third kappa shape index (κ3) is 2.42. The summed E-state index contributed by atoms with van der Waals surface area (Å²) in [4.78, 5) is 11.3. The molecule has 0 aromatic heterocycles. The van der Waals surface area contributed by atoms with Crippen molar-refractivity contribution in [2.24, 2.45) is 0 Å². The zero-order chi connectivity index (χ0) is 12.5. The van der Waals surface area contributed by atoms with E-state index in [0.717, 1.165) is 6.42 Å². The molecule has 1 atom stereocenters. The van der Waals surface area contributed by atoms with Crippen molar-refractivity contribution in [2.75, 3.05) is 6.54 Å². The van der Waals surface area contributed by atoms with Crippen molar-refractivity contribution in [1.29, 1.82) is 0 Å². The van der Waals surface area contributed by atoms with E-state index in [9.17, 15) is 14.3 Å². The number of carbonyl (C=O) groups is 1. The summed E-state index contributed by atoms with van der Waals surface area (Å²) in [5, 5.41) is 12.6. The fourth-order valence-corrected chi connectivity index (χ4v) is 2.44. The van der Waals surface area contributed by atoms with Crippen LogP contribution in [0, 0.1) is 5.82 Å². The van der Waals surface area contributed by atoms with Crippen molar-refractivity contribution in [1.82, 2.24) is 5.32 Å². The monoisotopic (exact) mass is 257 g/mol. The van der Waals surface area contributed by atoms with Crippen molar-refractivity contribution < 1.29 is 14.3 Å². The minimum absolute atomic E-state index is 0.277. The van der Waals surface area contributed by atoms with Crippen LogP contribution in [0.4, 0.5) is 4.39 Å². The lowest BCUT2D eigenvalue weighted by Gasteiger charge is -2.24. The molecule has 1 aliphatic heterocycles. The van der Waals surface area contributed by atoms with E-state index in [1.165, 1.54) is 12.1 Å². The Morgan fingerprint density at radius 3 is 2.88 bits per heavy atom. The van der Waals surface area contributed by atoms with Crippen molar-refractivity contribution >= 4 is 17.6 Å². The molecule has 0 saturated carbocycles. The Kier molecular flexibility index (Phi) is 3.35. The molecule has 1 unspecified atom stereocenters. The molecule has 1 aliphatic rings. The van der Waals surface area contributed by atoms with E-state index in [1.807, 2.05) is 0 Å². The molecule has 1 aromatic carbocycles. The molecule has 3 nitrogen and oxygen atoms in total. The molecule has 0 spiro atoms. The first-order valence-corrected chi connectivity index (χ1v) is 5.84. The van der Waals surface area contributed by atoms with Gasteiger partial charge in [-0.15, -0.1) is 0 Å². The molecule has 0 amide bonds. The van der Waals surface area contributed by atoms with Crippen LogP contribution < -0.4 is 5.32 Å². The SMILES string of the molecule is O=C(O)C1(Cc2ccc(F)cc2Cl)CCCN1. The quantitative estimate of drug-likeness (QED) is 0.873. The highest BCUT2D eigenvalue weighted by molar-refractivity contribution is 6.31. The summed E-state index contributed by atoms with van der Waals surface area (Å²) in [5.41, 5.74) is -0.300. The van der Waals surface area contributed by atoms with Gasteiger partial charge in [-0.2, -0.15) is 0 Å². The fraction of sp³-hybridized carbons (Fsp3) is 0.417. The van der Waals surface area contributed by atoms with E-state index < -0.39 is 17.3 Å². The standard InChI is InChI=1S/C12H13ClFNO2/c13-10-6-9(14)3-2-8(10)7-12(11(16)17)4-1-5-15-12/h2-3,6,15H,1,4-5,7H2,(H,16,17). The van der Waals surface area contributed by atoms with Crippen LogP contribution in [0.15, 0.2) is 18.2 Å². The molecule has 1 aromatic rings. The minimum atomic E-state index is -0.957. The summed E-state index contributed by atoms with van der Waals surface area (Å²) in [6.45, 7) is 0.686. The second-order valence-electron chi connectivity index (χ2n) is 4.33. The largest absolute Gasteiger partial charge is 0.480 e. The molecule has 2 rings (SSSR count). The summed E-state index contributed by atoms with van der Waals surface area (Å²) < 4.78 is 12.9. The Morgan fingerprint density at radius 2 is 2.35 bits per heavy atom. The number of rotatable bonds is 3. The summed E-state index contributed by atoms with van der Waals surface area (Å²) in [6.07, 6.45) is 1.67. The first kappa shape index (κ1) is 12.3. The minimum Gasteiger partial charge on any atom is -0.480 e. The number of halogens is 2. The maximum Gasteiger partial charge on any atom is 0.324 e. The van der Waals surface area contributed by atoms with Crippen molar-refractivity contribution in [2.45, 2.75) is 24.8 Å². The van der Waals surface area contributed by atoms with Gasteiger partial charge in [0.05, 0.1) is 0 Å². The van der Waals surface area contributed by atoms with E-state index in [2.05, 4.69) is 5.32 Å². The molecule has 1 heterocycles. The van der Waals surface area contributed by atoms with E-state index in [0.29, 0.717) is 18.5 Å². The normalized spacial score (nSPS) is 23.9. The Hall–Kier alpha value is -1.13. The van der Waals surface area contributed by atoms with Crippen LogP contribution in [0.1, 0.15) is 18.4 Å². The predicted molar refractivity (Wildman–Crippen MR) is 62.7 cm³/mol. The van der Waals surface area contributed by atoms with Crippen LogP contribution in [-0.2, 0) is 11.2 Å². The summed E-state index contributed by atoms with van der Waals surface area (Å²) in [7, 11) is 0. The van der Waals surface area contributed by atoms with E-state index in [1.54, 1.807) is 6.07 Å².